The highest BCUT2D eigenvalue weighted by atomic mass is 35.5. The normalized spacial score (nSPS) is 16.4. The molecule has 5 rings (SSSR count). The lowest BCUT2D eigenvalue weighted by Crippen LogP contribution is -2.57. The first-order valence-electron chi connectivity index (χ1n) is 13.0. The first kappa shape index (κ1) is 28.9. The topological polar surface area (TPSA) is 88.1 Å². The molecule has 0 saturated carbocycles. The van der Waals surface area contributed by atoms with Gasteiger partial charge in [-0.25, -0.2) is 9.37 Å². The number of hydrogen-bond acceptors (Lipinski definition) is 7. The number of pyridine rings is 2. The largest absolute Gasteiger partial charge is 0.489 e. The van der Waals surface area contributed by atoms with Gasteiger partial charge in [0.25, 0.3) is 5.91 Å². The van der Waals surface area contributed by atoms with Crippen molar-refractivity contribution in [2.45, 2.75) is 19.6 Å². The van der Waals surface area contributed by atoms with Crippen LogP contribution in [-0.2, 0) is 16.1 Å². The summed E-state index contributed by atoms with van der Waals surface area (Å²) in [6.07, 6.45) is 2.94. The molecule has 41 heavy (non-hydrogen) atoms. The number of piperazine rings is 1. The molecule has 2 aromatic heterocycles. The zero-order chi connectivity index (χ0) is 29.4. The number of aromatic nitrogens is 2. The molecule has 1 fully saturated rings. The molecule has 4 heterocycles. The van der Waals surface area contributed by atoms with Crippen molar-refractivity contribution >= 4 is 49.5 Å². The van der Waals surface area contributed by atoms with Gasteiger partial charge in [0.05, 0.1) is 29.7 Å². The summed E-state index contributed by atoms with van der Waals surface area (Å²) in [6, 6.07) is 6.07. The molecular formula is C29H30ClFN5O4P. The summed E-state index contributed by atoms with van der Waals surface area (Å²) in [4.78, 5) is 41.0. The van der Waals surface area contributed by atoms with Gasteiger partial charge < -0.3 is 24.2 Å². The van der Waals surface area contributed by atoms with E-state index >= 15 is 4.39 Å². The number of carbonyl (C=O) groups is 2. The molecule has 2 aliphatic heterocycles. The average molecular weight is 598 g/mol. The predicted molar refractivity (Wildman–Crippen MR) is 159 cm³/mol. The molecule has 0 N–H and O–H groups in total. The van der Waals surface area contributed by atoms with Gasteiger partial charge in [0, 0.05) is 45.6 Å². The van der Waals surface area contributed by atoms with E-state index < -0.39 is 11.9 Å². The fourth-order valence-corrected chi connectivity index (χ4v) is 6.06. The molecule has 3 aromatic rings. The summed E-state index contributed by atoms with van der Waals surface area (Å²) >= 11 is 6.91. The molecule has 2 atom stereocenters. The Labute approximate surface area is 245 Å². The summed E-state index contributed by atoms with van der Waals surface area (Å²) in [5.74, 6) is -0.733. The van der Waals surface area contributed by atoms with Gasteiger partial charge in [-0.2, -0.15) is 0 Å². The second-order valence-corrected chi connectivity index (χ2v) is 10.9. The highest BCUT2D eigenvalue weighted by Gasteiger charge is 2.41. The van der Waals surface area contributed by atoms with E-state index in [1.165, 1.54) is 12.1 Å². The van der Waals surface area contributed by atoms with Crippen molar-refractivity contribution in [3.63, 3.8) is 0 Å². The van der Waals surface area contributed by atoms with Crippen LogP contribution in [0.5, 0.6) is 5.75 Å². The zero-order valence-electron chi connectivity index (χ0n) is 23.0. The summed E-state index contributed by atoms with van der Waals surface area (Å²) in [5, 5.41) is 0.569. The molecule has 12 heteroatoms. The third kappa shape index (κ3) is 5.16. The number of anilines is 2. The number of amides is 2. The Morgan fingerprint density at radius 2 is 2.12 bits per heavy atom. The maximum absolute atomic E-state index is 15.3. The van der Waals surface area contributed by atoms with Crippen LogP contribution in [0, 0.1) is 12.7 Å². The SMILES string of the molecule is C=CC(=O)N1CCN2C(=O)c3c(N(C)c4c(C)ccnc4COC)nc(-c4c(F)cccc4P)c(Cl)c3OC[C@H]2C1. The summed E-state index contributed by atoms with van der Waals surface area (Å²) in [5.41, 5.74) is 2.67. The third-order valence-electron chi connectivity index (χ3n) is 7.36. The lowest BCUT2D eigenvalue weighted by atomic mass is 10.1. The van der Waals surface area contributed by atoms with Gasteiger partial charge in [-0.05, 0) is 36.0 Å². The lowest BCUT2D eigenvalue weighted by molar-refractivity contribution is -0.128. The van der Waals surface area contributed by atoms with Gasteiger partial charge in [-0.1, -0.05) is 30.3 Å². The first-order valence-corrected chi connectivity index (χ1v) is 13.9. The minimum absolute atomic E-state index is 0.0261. The second-order valence-electron chi connectivity index (χ2n) is 9.87. The van der Waals surface area contributed by atoms with E-state index in [1.54, 1.807) is 47.2 Å². The van der Waals surface area contributed by atoms with Crippen molar-refractivity contribution < 1.29 is 23.5 Å². The number of carbonyl (C=O) groups excluding carboxylic acids is 2. The number of methoxy groups -OCH3 is 1. The van der Waals surface area contributed by atoms with E-state index in [4.69, 9.17) is 26.1 Å². The van der Waals surface area contributed by atoms with E-state index in [0.717, 1.165) is 5.56 Å². The van der Waals surface area contributed by atoms with Gasteiger partial charge in [-0.3, -0.25) is 14.6 Å². The maximum Gasteiger partial charge on any atom is 0.261 e. The van der Waals surface area contributed by atoms with Crippen LogP contribution in [0.4, 0.5) is 15.9 Å². The van der Waals surface area contributed by atoms with Crippen molar-refractivity contribution in [2.75, 3.05) is 45.3 Å². The average Bonchev–Trinajstić information content (AvgIpc) is 3.10. The Kier molecular flexibility index (Phi) is 8.27. The second kappa shape index (κ2) is 11.7. The maximum atomic E-state index is 15.3. The fourth-order valence-electron chi connectivity index (χ4n) is 5.39. The van der Waals surface area contributed by atoms with Crippen LogP contribution < -0.4 is 14.9 Å². The molecule has 0 radical (unpaired) electrons. The van der Waals surface area contributed by atoms with Crippen molar-refractivity contribution in [3.8, 4) is 17.0 Å². The molecule has 0 aliphatic carbocycles. The van der Waals surface area contributed by atoms with Crippen LogP contribution in [0.1, 0.15) is 21.6 Å². The van der Waals surface area contributed by atoms with Crippen molar-refractivity contribution in [2.24, 2.45) is 0 Å². The molecule has 0 bridgehead atoms. The summed E-state index contributed by atoms with van der Waals surface area (Å²) in [7, 11) is 5.85. The minimum atomic E-state index is -0.519. The van der Waals surface area contributed by atoms with Crippen LogP contribution >= 0.6 is 20.8 Å². The van der Waals surface area contributed by atoms with E-state index in [9.17, 15) is 9.59 Å². The number of fused-ring (bicyclic) bond motifs is 2. The number of halogens is 2. The molecule has 9 nitrogen and oxygen atoms in total. The monoisotopic (exact) mass is 597 g/mol. The number of nitrogens with zero attached hydrogens (tertiary/aromatic N) is 5. The van der Waals surface area contributed by atoms with Gasteiger partial charge in [0.15, 0.2) is 5.75 Å². The number of rotatable bonds is 6. The Hall–Kier alpha value is -3.59. The van der Waals surface area contributed by atoms with Crippen molar-refractivity contribution in [3.05, 3.63) is 70.8 Å². The highest BCUT2D eigenvalue weighted by Crippen LogP contribution is 2.45. The summed E-state index contributed by atoms with van der Waals surface area (Å²) in [6.45, 7) is 6.71. The Bertz CT molecular complexity index is 1530. The Morgan fingerprint density at radius 3 is 2.83 bits per heavy atom. The van der Waals surface area contributed by atoms with E-state index in [1.807, 2.05) is 13.0 Å². The standard InChI is InChI=1S/C29H30ClFN5O4P/c1-5-21(37)35-11-12-36-17(13-35)14-40-27-23(29(36)38)28(34(3)26-16(2)9-10-32-19(26)15-39-4)33-25(24(27)30)22-18(31)7-6-8-20(22)41/h5-10,17H,1,11-15,41H2,2-4H3/t17-/m1/s1. The van der Waals surface area contributed by atoms with Crippen LogP contribution in [0.25, 0.3) is 11.3 Å². The van der Waals surface area contributed by atoms with Gasteiger partial charge in [0.2, 0.25) is 5.91 Å². The smallest absolute Gasteiger partial charge is 0.261 e. The van der Waals surface area contributed by atoms with Gasteiger partial charge in [0.1, 0.15) is 28.8 Å². The number of benzene rings is 1. The molecule has 2 amide bonds. The molecule has 1 saturated heterocycles. The molecule has 1 unspecified atom stereocenters. The van der Waals surface area contributed by atoms with Crippen LogP contribution in [0.3, 0.4) is 0 Å². The fraction of sp³-hybridized carbons (Fsp3) is 0.310. The number of hydrogen-bond donors (Lipinski definition) is 0. The highest BCUT2D eigenvalue weighted by molar-refractivity contribution is 7.28. The van der Waals surface area contributed by atoms with Crippen molar-refractivity contribution in [1.29, 1.82) is 0 Å². The van der Waals surface area contributed by atoms with E-state index in [2.05, 4.69) is 20.8 Å². The molecule has 1 aromatic carbocycles. The molecule has 0 spiro atoms. The van der Waals surface area contributed by atoms with Crippen LogP contribution in [0.15, 0.2) is 43.1 Å². The van der Waals surface area contributed by atoms with E-state index in [-0.39, 0.29) is 71.5 Å². The lowest BCUT2D eigenvalue weighted by Gasteiger charge is -2.39. The Morgan fingerprint density at radius 1 is 1.34 bits per heavy atom. The van der Waals surface area contributed by atoms with Crippen LogP contribution in [0.2, 0.25) is 5.02 Å². The molecular weight excluding hydrogens is 568 g/mol. The van der Waals surface area contributed by atoms with Crippen molar-refractivity contribution in [1.82, 2.24) is 19.8 Å². The van der Waals surface area contributed by atoms with Crippen LogP contribution in [-0.4, -0.2) is 78.0 Å². The molecule has 2 aliphatic rings. The van der Waals surface area contributed by atoms with Gasteiger partial charge in [-0.15, -0.1) is 9.24 Å². The zero-order valence-corrected chi connectivity index (χ0v) is 24.9. The van der Waals surface area contributed by atoms with Gasteiger partial charge >= 0.3 is 0 Å². The number of aryl methyl sites for hydroxylation is 1. The third-order valence-corrected chi connectivity index (χ3v) is 8.19. The molecule has 214 valence electrons. The minimum Gasteiger partial charge on any atom is -0.489 e. The number of ether oxygens (including phenoxy) is 2. The predicted octanol–water partition coefficient (Wildman–Crippen LogP) is 3.89. The first-order chi connectivity index (χ1) is 19.7. The summed E-state index contributed by atoms with van der Waals surface area (Å²) < 4.78 is 26.9. The quantitative estimate of drug-likeness (QED) is 0.315. The Balaban J connectivity index is 1.73. The van der Waals surface area contributed by atoms with E-state index in [0.29, 0.717) is 23.2 Å².